The minimum absolute atomic E-state index is 0.0395. The van der Waals surface area contributed by atoms with Crippen LogP contribution in [0.3, 0.4) is 0 Å². The Morgan fingerprint density at radius 1 is 1.33 bits per heavy atom. The van der Waals surface area contributed by atoms with Gasteiger partial charge in [0.1, 0.15) is 0 Å². The average molecular weight is 322 g/mol. The molecule has 1 amide bonds. The number of amides is 1. The van der Waals surface area contributed by atoms with Gasteiger partial charge in [-0.1, -0.05) is 25.6 Å². The van der Waals surface area contributed by atoms with Crippen LogP contribution in [-0.2, 0) is 14.6 Å². The van der Waals surface area contributed by atoms with Crippen molar-refractivity contribution in [1.29, 1.82) is 0 Å². The van der Waals surface area contributed by atoms with E-state index in [2.05, 4.69) is 16.9 Å². The Morgan fingerprint density at radius 3 is 2.52 bits per heavy atom. The summed E-state index contributed by atoms with van der Waals surface area (Å²) >= 11 is 1.31. The van der Waals surface area contributed by atoms with Crippen LogP contribution in [0.1, 0.15) is 12.5 Å². The first-order valence-corrected chi connectivity index (χ1v) is 8.70. The second-order valence-corrected chi connectivity index (χ2v) is 7.37. The molecule has 0 saturated carbocycles. The molecule has 0 radical (unpaired) electrons. The molecule has 21 heavy (non-hydrogen) atoms. The number of nitrogens with zero attached hydrogens (tertiary/aromatic N) is 1. The molecule has 1 aromatic carbocycles. The largest absolute Gasteiger partial charge is 0.298 e. The summed E-state index contributed by atoms with van der Waals surface area (Å²) in [5, 5.41) is 4.87. The summed E-state index contributed by atoms with van der Waals surface area (Å²) in [4.78, 5) is 16.2. The molecule has 0 unspecified atom stereocenters. The molecule has 1 aromatic heterocycles. The first kappa shape index (κ1) is 15.4. The third kappa shape index (κ3) is 3.56. The van der Waals surface area contributed by atoms with Crippen molar-refractivity contribution < 1.29 is 13.2 Å². The van der Waals surface area contributed by atoms with Crippen LogP contribution >= 0.6 is 11.3 Å². The van der Waals surface area contributed by atoms with Gasteiger partial charge in [-0.2, -0.15) is 0 Å². The van der Waals surface area contributed by atoms with Gasteiger partial charge in [-0.05, 0) is 17.7 Å². The lowest BCUT2D eigenvalue weighted by molar-refractivity contribution is -0.111. The first-order valence-electron chi connectivity index (χ1n) is 6.17. The van der Waals surface area contributed by atoms with Crippen LogP contribution in [0.5, 0.6) is 0 Å². The van der Waals surface area contributed by atoms with Gasteiger partial charge < -0.3 is 0 Å². The summed E-state index contributed by atoms with van der Waals surface area (Å²) in [6.45, 7) is 5.32. The van der Waals surface area contributed by atoms with E-state index in [0.29, 0.717) is 10.7 Å². The first-order chi connectivity index (χ1) is 9.94. The van der Waals surface area contributed by atoms with Gasteiger partial charge >= 0.3 is 0 Å². The van der Waals surface area contributed by atoms with E-state index in [1.54, 1.807) is 30.6 Å². The van der Waals surface area contributed by atoms with Crippen molar-refractivity contribution >= 4 is 37.8 Å². The summed E-state index contributed by atoms with van der Waals surface area (Å²) < 4.78 is 23.4. The molecular formula is C14H14N2O3S2. The van der Waals surface area contributed by atoms with Gasteiger partial charge in [0.05, 0.1) is 10.6 Å². The van der Waals surface area contributed by atoms with E-state index in [-0.39, 0.29) is 22.1 Å². The van der Waals surface area contributed by atoms with Crippen molar-refractivity contribution in [3.05, 3.63) is 48.0 Å². The molecule has 110 valence electrons. The van der Waals surface area contributed by atoms with Crippen LogP contribution in [-0.4, -0.2) is 25.1 Å². The zero-order chi connectivity index (χ0) is 15.5. The highest BCUT2D eigenvalue weighted by Gasteiger charge is 2.14. The smallest absolute Gasteiger partial charge is 0.257 e. The van der Waals surface area contributed by atoms with Crippen LogP contribution < -0.4 is 5.32 Å². The Morgan fingerprint density at radius 2 is 2.00 bits per heavy atom. The van der Waals surface area contributed by atoms with E-state index in [1.807, 2.05) is 0 Å². The zero-order valence-electron chi connectivity index (χ0n) is 11.4. The van der Waals surface area contributed by atoms with E-state index in [4.69, 9.17) is 0 Å². The van der Waals surface area contributed by atoms with Gasteiger partial charge in [-0.25, -0.2) is 13.4 Å². The van der Waals surface area contributed by atoms with Crippen LogP contribution in [0, 0.1) is 0 Å². The Labute approximate surface area is 127 Å². The maximum Gasteiger partial charge on any atom is 0.257 e. The number of hydrogen-bond acceptors (Lipinski definition) is 5. The SMILES string of the molecule is C=C(C(=O)Nc1nccs1)c1ccc(S(=O)(=O)CC)cc1. The van der Waals surface area contributed by atoms with E-state index < -0.39 is 9.84 Å². The maximum atomic E-state index is 12.0. The highest BCUT2D eigenvalue weighted by Crippen LogP contribution is 2.19. The number of aromatic nitrogens is 1. The maximum absolute atomic E-state index is 12.0. The van der Waals surface area contributed by atoms with E-state index in [0.717, 1.165) is 0 Å². The minimum Gasteiger partial charge on any atom is -0.298 e. The number of hydrogen-bond donors (Lipinski definition) is 1. The molecule has 0 aliphatic rings. The van der Waals surface area contributed by atoms with Crippen LogP contribution in [0.15, 0.2) is 47.3 Å². The highest BCUT2D eigenvalue weighted by molar-refractivity contribution is 7.91. The second-order valence-electron chi connectivity index (χ2n) is 4.20. The van der Waals surface area contributed by atoms with E-state index in [9.17, 15) is 13.2 Å². The number of carbonyl (C=O) groups excluding carboxylic acids is 1. The van der Waals surface area contributed by atoms with Gasteiger partial charge in [0, 0.05) is 17.2 Å². The quantitative estimate of drug-likeness (QED) is 0.859. The van der Waals surface area contributed by atoms with Crippen molar-refractivity contribution in [3.63, 3.8) is 0 Å². The van der Waals surface area contributed by atoms with Gasteiger partial charge in [0.2, 0.25) is 0 Å². The molecule has 0 aliphatic carbocycles. The van der Waals surface area contributed by atoms with Gasteiger partial charge in [0.25, 0.3) is 5.91 Å². The number of anilines is 1. The Bertz CT molecular complexity index is 748. The summed E-state index contributed by atoms with van der Waals surface area (Å²) in [7, 11) is -3.24. The number of rotatable bonds is 5. The fraction of sp³-hybridized carbons (Fsp3) is 0.143. The van der Waals surface area contributed by atoms with E-state index in [1.165, 1.54) is 23.5 Å². The van der Waals surface area contributed by atoms with Crippen molar-refractivity contribution in [2.45, 2.75) is 11.8 Å². The fourth-order valence-electron chi connectivity index (χ4n) is 1.62. The molecule has 0 aliphatic heterocycles. The molecule has 0 fully saturated rings. The van der Waals surface area contributed by atoms with Gasteiger partial charge in [0.15, 0.2) is 15.0 Å². The van der Waals surface area contributed by atoms with Crippen molar-refractivity contribution in [1.82, 2.24) is 4.98 Å². The lowest BCUT2D eigenvalue weighted by Crippen LogP contribution is -2.12. The van der Waals surface area contributed by atoms with Gasteiger partial charge in [-0.15, -0.1) is 11.3 Å². The van der Waals surface area contributed by atoms with Crippen molar-refractivity contribution in [2.75, 3.05) is 11.1 Å². The Hall–Kier alpha value is -1.99. The Balaban J connectivity index is 2.15. The third-order valence-corrected chi connectivity index (χ3v) is 5.31. The van der Waals surface area contributed by atoms with Crippen molar-refractivity contribution in [3.8, 4) is 0 Å². The molecule has 1 N–H and O–H groups in total. The second kappa shape index (κ2) is 6.19. The molecule has 2 aromatic rings. The van der Waals surface area contributed by atoms with Gasteiger partial charge in [-0.3, -0.25) is 10.1 Å². The normalized spacial score (nSPS) is 11.1. The lowest BCUT2D eigenvalue weighted by atomic mass is 10.1. The third-order valence-electron chi connectivity index (χ3n) is 2.87. The molecule has 0 spiro atoms. The predicted octanol–water partition coefficient (Wildman–Crippen LogP) is 2.59. The number of nitrogens with one attached hydrogen (secondary N) is 1. The number of sulfone groups is 1. The monoisotopic (exact) mass is 322 g/mol. The predicted molar refractivity (Wildman–Crippen MR) is 83.9 cm³/mol. The fourth-order valence-corrected chi connectivity index (χ4v) is 3.03. The molecule has 7 heteroatoms. The summed E-state index contributed by atoms with van der Waals surface area (Å²) in [6.07, 6.45) is 1.59. The lowest BCUT2D eigenvalue weighted by Gasteiger charge is -2.07. The average Bonchev–Trinajstić information content (AvgIpc) is 2.99. The molecule has 5 nitrogen and oxygen atoms in total. The number of thiazole rings is 1. The highest BCUT2D eigenvalue weighted by atomic mass is 32.2. The molecule has 0 bridgehead atoms. The Kier molecular flexibility index (Phi) is 4.54. The van der Waals surface area contributed by atoms with Crippen molar-refractivity contribution in [2.24, 2.45) is 0 Å². The van der Waals surface area contributed by atoms with E-state index >= 15 is 0 Å². The van der Waals surface area contributed by atoms with Crippen LogP contribution in [0.4, 0.5) is 5.13 Å². The number of carbonyl (C=O) groups is 1. The van der Waals surface area contributed by atoms with Crippen LogP contribution in [0.2, 0.25) is 0 Å². The number of benzene rings is 1. The standard InChI is InChI=1S/C14H14N2O3S2/c1-3-21(18,19)12-6-4-11(5-7-12)10(2)13(17)16-14-15-8-9-20-14/h4-9H,2-3H2,1H3,(H,15,16,17). The molecule has 1 heterocycles. The molecule has 0 saturated heterocycles. The zero-order valence-corrected chi connectivity index (χ0v) is 13.0. The minimum atomic E-state index is -3.24. The summed E-state index contributed by atoms with van der Waals surface area (Å²) in [6, 6.07) is 6.12. The van der Waals surface area contributed by atoms with Crippen LogP contribution in [0.25, 0.3) is 5.57 Å². The topological polar surface area (TPSA) is 76.1 Å². The molecular weight excluding hydrogens is 308 g/mol. The summed E-state index contributed by atoms with van der Waals surface area (Å²) in [5.41, 5.74) is 0.824. The molecule has 0 atom stereocenters. The molecule has 2 rings (SSSR count). The summed E-state index contributed by atoms with van der Waals surface area (Å²) in [5.74, 6) is -0.325.